The highest BCUT2D eigenvalue weighted by Gasteiger charge is 2.19. The van der Waals surface area contributed by atoms with Gasteiger partial charge in [-0.15, -0.1) is 0 Å². The zero-order valence-corrected chi connectivity index (χ0v) is 18.2. The van der Waals surface area contributed by atoms with Gasteiger partial charge < -0.3 is 15.1 Å². The van der Waals surface area contributed by atoms with Crippen LogP contribution in [0.3, 0.4) is 0 Å². The average molecular weight is 414 g/mol. The van der Waals surface area contributed by atoms with Gasteiger partial charge in [-0.2, -0.15) is 0 Å². The molecule has 0 radical (unpaired) electrons. The highest BCUT2D eigenvalue weighted by molar-refractivity contribution is 5.91. The lowest BCUT2D eigenvalue weighted by atomic mass is 9.88. The summed E-state index contributed by atoms with van der Waals surface area (Å²) in [5.74, 6) is 0.0681. The molecule has 31 heavy (non-hydrogen) atoms. The number of likely N-dealkylation sites (N-methyl/N-ethyl adjacent to an activating group) is 1. The van der Waals surface area contributed by atoms with Crippen LogP contribution < -0.4 is 10.2 Å². The second kappa shape index (κ2) is 10.3. The number of amides is 1. The van der Waals surface area contributed by atoms with E-state index in [0.717, 1.165) is 49.5 Å². The van der Waals surface area contributed by atoms with Gasteiger partial charge in [0.15, 0.2) is 0 Å². The lowest BCUT2D eigenvalue weighted by molar-refractivity contribution is -0.116. The minimum atomic E-state index is 0.0296. The molecule has 0 spiro atoms. The maximum atomic E-state index is 12.9. The molecule has 0 aliphatic carbocycles. The van der Waals surface area contributed by atoms with Gasteiger partial charge in [0.25, 0.3) is 0 Å². The van der Waals surface area contributed by atoms with E-state index in [2.05, 4.69) is 58.4 Å². The number of carbonyl (C=O) groups excluding carboxylic acids is 1. The lowest BCUT2D eigenvalue weighted by Gasteiger charge is -2.35. The van der Waals surface area contributed by atoms with Gasteiger partial charge in [0.2, 0.25) is 5.91 Å². The topological polar surface area (TPSA) is 35.6 Å². The number of piperazine rings is 1. The van der Waals surface area contributed by atoms with Crippen LogP contribution in [0.5, 0.6) is 0 Å². The summed E-state index contributed by atoms with van der Waals surface area (Å²) in [5, 5.41) is 3.09. The molecule has 0 saturated carbocycles. The Morgan fingerprint density at radius 1 is 0.806 bits per heavy atom. The van der Waals surface area contributed by atoms with Crippen molar-refractivity contribution in [1.29, 1.82) is 0 Å². The molecule has 0 atom stereocenters. The molecule has 1 aliphatic heterocycles. The normalized spacial score (nSPS) is 14.6. The van der Waals surface area contributed by atoms with E-state index in [9.17, 15) is 4.79 Å². The van der Waals surface area contributed by atoms with Crippen LogP contribution in [0.15, 0.2) is 84.9 Å². The van der Waals surface area contributed by atoms with Crippen molar-refractivity contribution >= 4 is 17.3 Å². The van der Waals surface area contributed by atoms with Crippen LogP contribution in [0.25, 0.3) is 0 Å². The Morgan fingerprint density at radius 3 is 1.87 bits per heavy atom. The molecular formula is C27H31N3O. The van der Waals surface area contributed by atoms with Gasteiger partial charge in [-0.1, -0.05) is 67.6 Å². The van der Waals surface area contributed by atoms with Crippen LogP contribution in [-0.2, 0) is 4.79 Å². The van der Waals surface area contributed by atoms with E-state index in [1.807, 2.05) is 48.5 Å². The molecule has 0 aromatic heterocycles. The number of carbonyl (C=O) groups is 1. The Morgan fingerprint density at radius 2 is 1.35 bits per heavy atom. The number of nitrogens with one attached hydrogen (secondary N) is 1. The number of anilines is 2. The van der Waals surface area contributed by atoms with Crippen LogP contribution >= 0.6 is 0 Å². The number of hydrogen-bond acceptors (Lipinski definition) is 3. The SMILES string of the molecule is CCN1CCN(c2ccc(NC(=O)CC(c3ccccc3)c3ccccc3)cc2)CC1. The zero-order chi connectivity index (χ0) is 21.5. The van der Waals surface area contributed by atoms with E-state index in [-0.39, 0.29) is 11.8 Å². The third-order valence-corrected chi connectivity index (χ3v) is 6.13. The fourth-order valence-electron chi connectivity index (χ4n) is 4.27. The van der Waals surface area contributed by atoms with E-state index in [1.54, 1.807) is 0 Å². The van der Waals surface area contributed by atoms with Gasteiger partial charge in [0.05, 0.1) is 0 Å². The largest absolute Gasteiger partial charge is 0.369 e. The highest BCUT2D eigenvalue weighted by atomic mass is 16.1. The molecular weight excluding hydrogens is 382 g/mol. The van der Waals surface area contributed by atoms with Crippen molar-refractivity contribution < 1.29 is 4.79 Å². The summed E-state index contributed by atoms with van der Waals surface area (Å²) in [7, 11) is 0. The first-order valence-electron chi connectivity index (χ1n) is 11.2. The average Bonchev–Trinajstić information content (AvgIpc) is 2.84. The van der Waals surface area contributed by atoms with E-state index in [1.165, 1.54) is 5.69 Å². The first-order chi connectivity index (χ1) is 15.2. The Hall–Kier alpha value is -3.11. The number of hydrogen-bond donors (Lipinski definition) is 1. The Kier molecular flexibility index (Phi) is 7.00. The molecule has 1 saturated heterocycles. The molecule has 4 rings (SSSR count). The summed E-state index contributed by atoms with van der Waals surface area (Å²) in [5.41, 5.74) is 4.39. The van der Waals surface area contributed by atoms with Crippen LogP contribution in [-0.4, -0.2) is 43.5 Å². The molecule has 4 nitrogen and oxygen atoms in total. The number of benzene rings is 3. The minimum Gasteiger partial charge on any atom is -0.369 e. The van der Waals surface area contributed by atoms with E-state index in [4.69, 9.17) is 0 Å². The molecule has 4 heteroatoms. The molecule has 1 N–H and O–H groups in total. The lowest BCUT2D eigenvalue weighted by Crippen LogP contribution is -2.46. The quantitative estimate of drug-likeness (QED) is 0.593. The van der Waals surface area contributed by atoms with Crippen molar-refractivity contribution in [3.05, 3.63) is 96.1 Å². The van der Waals surface area contributed by atoms with E-state index >= 15 is 0 Å². The van der Waals surface area contributed by atoms with Gasteiger partial charge in [-0.3, -0.25) is 4.79 Å². The molecule has 3 aromatic rings. The summed E-state index contributed by atoms with van der Waals surface area (Å²) in [6, 6.07) is 28.8. The second-order valence-electron chi connectivity index (χ2n) is 8.09. The van der Waals surface area contributed by atoms with Crippen molar-refractivity contribution in [3.8, 4) is 0 Å². The Bertz CT molecular complexity index is 909. The summed E-state index contributed by atoms with van der Waals surface area (Å²) in [6.45, 7) is 7.65. The Labute approximate surface area is 185 Å². The molecule has 0 bridgehead atoms. The molecule has 3 aromatic carbocycles. The van der Waals surface area contributed by atoms with Crippen LogP contribution in [0, 0.1) is 0 Å². The number of rotatable bonds is 7. The number of nitrogens with zero attached hydrogens (tertiary/aromatic N) is 2. The maximum absolute atomic E-state index is 12.9. The molecule has 1 aliphatic rings. The third kappa shape index (κ3) is 5.53. The van der Waals surface area contributed by atoms with Gasteiger partial charge in [-0.25, -0.2) is 0 Å². The first-order valence-corrected chi connectivity index (χ1v) is 11.2. The predicted octanol–water partition coefficient (Wildman–Crippen LogP) is 4.99. The van der Waals surface area contributed by atoms with Crippen molar-refractivity contribution in [2.24, 2.45) is 0 Å². The van der Waals surface area contributed by atoms with Crippen molar-refractivity contribution in [2.45, 2.75) is 19.3 Å². The van der Waals surface area contributed by atoms with Crippen LogP contribution in [0.4, 0.5) is 11.4 Å². The van der Waals surface area contributed by atoms with Gasteiger partial charge in [0.1, 0.15) is 0 Å². The third-order valence-electron chi connectivity index (χ3n) is 6.13. The van der Waals surface area contributed by atoms with E-state index < -0.39 is 0 Å². The summed E-state index contributed by atoms with van der Waals surface area (Å²) in [6.07, 6.45) is 0.411. The fraction of sp³-hybridized carbons (Fsp3) is 0.296. The monoisotopic (exact) mass is 413 g/mol. The van der Waals surface area contributed by atoms with Gasteiger partial charge in [0, 0.05) is 49.9 Å². The van der Waals surface area contributed by atoms with Crippen LogP contribution in [0.2, 0.25) is 0 Å². The molecule has 1 fully saturated rings. The fourth-order valence-corrected chi connectivity index (χ4v) is 4.27. The first kappa shape index (κ1) is 21.1. The second-order valence-corrected chi connectivity index (χ2v) is 8.09. The summed E-state index contributed by atoms with van der Waals surface area (Å²) in [4.78, 5) is 17.8. The minimum absolute atomic E-state index is 0.0296. The molecule has 1 amide bonds. The van der Waals surface area contributed by atoms with Crippen LogP contribution in [0.1, 0.15) is 30.4 Å². The standard InChI is InChI=1S/C27H31N3O/c1-2-29-17-19-30(20-18-29)25-15-13-24(14-16-25)28-27(31)21-26(22-9-5-3-6-10-22)23-11-7-4-8-12-23/h3-16,26H,2,17-21H2,1H3,(H,28,31). The van der Waals surface area contributed by atoms with Gasteiger partial charge in [-0.05, 0) is 41.9 Å². The molecule has 1 heterocycles. The molecule has 0 unspecified atom stereocenters. The van der Waals surface area contributed by atoms with E-state index in [0.29, 0.717) is 6.42 Å². The van der Waals surface area contributed by atoms with Crippen molar-refractivity contribution in [2.75, 3.05) is 42.9 Å². The maximum Gasteiger partial charge on any atom is 0.225 e. The summed E-state index contributed by atoms with van der Waals surface area (Å²) >= 11 is 0. The zero-order valence-electron chi connectivity index (χ0n) is 18.2. The van der Waals surface area contributed by atoms with Crippen molar-refractivity contribution in [3.63, 3.8) is 0 Å². The highest BCUT2D eigenvalue weighted by Crippen LogP contribution is 2.28. The summed E-state index contributed by atoms with van der Waals surface area (Å²) < 4.78 is 0. The Balaban J connectivity index is 1.40. The van der Waals surface area contributed by atoms with Crippen molar-refractivity contribution in [1.82, 2.24) is 4.90 Å². The smallest absolute Gasteiger partial charge is 0.225 e. The molecule has 160 valence electrons. The van der Waals surface area contributed by atoms with Gasteiger partial charge >= 0.3 is 0 Å². The predicted molar refractivity (Wildman–Crippen MR) is 129 cm³/mol.